The van der Waals surface area contributed by atoms with Gasteiger partial charge in [0.25, 0.3) is 0 Å². The first kappa shape index (κ1) is 19.9. The summed E-state index contributed by atoms with van der Waals surface area (Å²) in [5, 5.41) is 5.70. The standard InChI is InChI=1S/C23H27N3O2S/c1-17-4-2-10-26(14-17)15-19-8-6-18(7-9-19)13-24-22(27)12-20-16-29-23(25-20)21-5-3-11-28-21/h3,5-9,11,16-17H,2,4,10,12-15H2,1H3,(H,24,27)/t17-/m1/s1. The van der Waals surface area contributed by atoms with Crippen LogP contribution in [0, 0.1) is 5.92 Å². The Hall–Kier alpha value is -2.44. The van der Waals surface area contributed by atoms with E-state index >= 15 is 0 Å². The van der Waals surface area contributed by atoms with Crippen LogP contribution in [0.4, 0.5) is 0 Å². The molecular weight excluding hydrogens is 382 g/mol. The van der Waals surface area contributed by atoms with E-state index < -0.39 is 0 Å². The molecule has 0 spiro atoms. The summed E-state index contributed by atoms with van der Waals surface area (Å²) in [6.07, 6.45) is 4.55. The number of aromatic nitrogens is 1. The summed E-state index contributed by atoms with van der Waals surface area (Å²) in [6.45, 7) is 6.27. The molecule has 152 valence electrons. The minimum atomic E-state index is -0.0207. The lowest BCUT2D eigenvalue weighted by Gasteiger charge is -2.30. The highest BCUT2D eigenvalue weighted by molar-refractivity contribution is 7.13. The molecule has 1 fully saturated rings. The van der Waals surface area contributed by atoms with Gasteiger partial charge < -0.3 is 9.73 Å². The molecule has 1 aliphatic rings. The molecule has 2 aromatic heterocycles. The van der Waals surface area contributed by atoms with Gasteiger partial charge in [0.2, 0.25) is 5.91 Å². The Bertz CT molecular complexity index is 918. The fourth-order valence-electron chi connectivity index (χ4n) is 3.78. The number of amides is 1. The summed E-state index contributed by atoms with van der Waals surface area (Å²) in [6, 6.07) is 12.3. The third-order valence-corrected chi connectivity index (χ3v) is 6.19. The summed E-state index contributed by atoms with van der Waals surface area (Å²) >= 11 is 1.49. The van der Waals surface area contributed by atoms with E-state index in [-0.39, 0.29) is 12.3 Å². The molecule has 1 N–H and O–H groups in total. The number of carbonyl (C=O) groups excluding carboxylic acids is 1. The highest BCUT2D eigenvalue weighted by Gasteiger charge is 2.16. The molecule has 0 unspecified atom stereocenters. The van der Waals surface area contributed by atoms with Crippen molar-refractivity contribution in [2.45, 2.75) is 39.3 Å². The molecular formula is C23H27N3O2S. The molecule has 0 bridgehead atoms. The van der Waals surface area contributed by atoms with Crippen molar-refractivity contribution in [1.29, 1.82) is 0 Å². The number of hydrogen-bond donors (Lipinski definition) is 1. The molecule has 0 saturated carbocycles. The lowest BCUT2D eigenvalue weighted by Crippen LogP contribution is -2.33. The van der Waals surface area contributed by atoms with E-state index in [1.165, 1.54) is 42.8 Å². The summed E-state index contributed by atoms with van der Waals surface area (Å²) in [5.41, 5.74) is 3.22. The van der Waals surface area contributed by atoms with Gasteiger partial charge in [0, 0.05) is 25.0 Å². The quantitative estimate of drug-likeness (QED) is 0.624. The lowest BCUT2D eigenvalue weighted by atomic mass is 9.99. The largest absolute Gasteiger partial charge is 0.462 e. The maximum Gasteiger partial charge on any atom is 0.226 e. The number of thiazole rings is 1. The van der Waals surface area contributed by atoms with E-state index in [2.05, 4.69) is 46.4 Å². The minimum Gasteiger partial charge on any atom is -0.462 e. The van der Waals surface area contributed by atoms with Gasteiger partial charge in [0.1, 0.15) is 0 Å². The van der Waals surface area contributed by atoms with Crippen molar-refractivity contribution in [3.8, 4) is 10.8 Å². The monoisotopic (exact) mass is 409 g/mol. The van der Waals surface area contributed by atoms with Crippen molar-refractivity contribution < 1.29 is 9.21 Å². The molecule has 1 aliphatic heterocycles. The van der Waals surface area contributed by atoms with Crippen LogP contribution in [0.2, 0.25) is 0 Å². The maximum atomic E-state index is 12.3. The number of hydrogen-bond acceptors (Lipinski definition) is 5. The number of likely N-dealkylation sites (tertiary alicyclic amines) is 1. The Balaban J connectivity index is 1.24. The topological polar surface area (TPSA) is 58.4 Å². The second-order valence-electron chi connectivity index (χ2n) is 7.87. The minimum absolute atomic E-state index is 0.0207. The van der Waals surface area contributed by atoms with Gasteiger partial charge in [0.15, 0.2) is 10.8 Å². The number of rotatable bonds is 7. The molecule has 1 aromatic carbocycles. The molecule has 1 saturated heterocycles. The van der Waals surface area contributed by atoms with Gasteiger partial charge in [-0.2, -0.15) is 0 Å². The van der Waals surface area contributed by atoms with E-state index in [1.54, 1.807) is 6.26 Å². The lowest BCUT2D eigenvalue weighted by molar-refractivity contribution is -0.120. The Morgan fingerprint density at radius 2 is 2.10 bits per heavy atom. The van der Waals surface area contributed by atoms with E-state index in [9.17, 15) is 4.79 Å². The fraction of sp³-hybridized carbons (Fsp3) is 0.391. The van der Waals surface area contributed by atoms with Gasteiger partial charge in [-0.05, 0) is 48.6 Å². The number of nitrogens with zero attached hydrogens (tertiary/aromatic N) is 2. The predicted octanol–water partition coefficient (Wildman–Crippen LogP) is 4.49. The maximum absolute atomic E-state index is 12.3. The van der Waals surface area contributed by atoms with Crippen LogP contribution in [0.15, 0.2) is 52.5 Å². The first-order valence-electron chi connectivity index (χ1n) is 10.2. The average Bonchev–Trinajstić information content (AvgIpc) is 3.39. The van der Waals surface area contributed by atoms with E-state index in [1.807, 2.05) is 17.5 Å². The second-order valence-corrected chi connectivity index (χ2v) is 8.73. The second kappa shape index (κ2) is 9.37. The summed E-state index contributed by atoms with van der Waals surface area (Å²) in [5.74, 6) is 1.51. The molecule has 29 heavy (non-hydrogen) atoms. The van der Waals surface area contributed by atoms with Crippen molar-refractivity contribution in [2.75, 3.05) is 13.1 Å². The van der Waals surface area contributed by atoms with E-state index in [0.717, 1.165) is 34.5 Å². The molecule has 3 heterocycles. The molecule has 0 radical (unpaired) electrons. The van der Waals surface area contributed by atoms with Gasteiger partial charge in [-0.3, -0.25) is 9.69 Å². The highest BCUT2D eigenvalue weighted by atomic mass is 32.1. The zero-order valence-corrected chi connectivity index (χ0v) is 17.6. The van der Waals surface area contributed by atoms with Gasteiger partial charge in [-0.15, -0.1) is 11.3 Å². The van der Waals surface area contributed by atoms with Crippen LogP contribution < -0.4 is 5.32 Å². The molecule has 5 nitrogen and oxygen atoms in total. The van der Waals surface area contributed by atoms with Crippen molar-refractivity contribution >= 4 is 17.2 Å². The van der Waals surface area contributed by atoms with Crippen molar-refractivity contribution in [3.05, 3.63) is 64.9 Å². The molecule has 3 aromatic rings. The Kier molecular flexibility index (Phi) is 6.42. The van der Waals surface area contributed by atoms with Gasteiger partial charge >= 0.3 is 0 Å². The molecule has 1 amide bonds. The van der Waals surface area contributed by atoms with Crippen LogP contribution in [-0.2, 0) is 24.3 Å². The van der Waals surface area contributed by atoms with E-state index in [4.69, 9.17) is 4.42 Å². The zero-order valence-electron chi connectivity index (χ0n) is 16.8. The van der Waals surface area contributed by atoms with Gasteiger partial charge in [-0.1, -0.05) is 31.2 Å². The molecule has 4 rings (SSSR count). The molecule has 0 aliphatic carbocycles. The van der Waals surface area contributed by atoms with Crippen LogP contribution in [0.3, 0.4) is 0 Å². The zero-order chi connectivity index (χ0) is 20.1. The summed E-state index contributed by atoms with van der Waals surface area (Å²) < 4.78 is 5.35. The first-order valence-corrected chi connectivity index (χ1v) is 11.1. The smallest absolute Gasteiger partial charge is 0.226 e. The summed E-state index contributed by atoms with van der Waals surface area (Å²) in [7, 11) is 0. The van der Waals surface area contributed by atoms with Crippen LogP contribution in [0.1, 0.15) is 36.6 Å². The summed E-state index contributed by atoms with van der Waals surface area (Å²) in [4.78, 5) is 19.3. The number of benzene rings is 1. The first-order chi connectivity index (χ1) is 14.2. The van der Waals surface area contributed by atoms with Gasteiger partial charge in [0.05, 0.1) is 18.4 Å². The van der Waals surface area contributed by atoms with Crippen molar-refractivity contribution in [3.63, 3.8) is 0 Å². The number of furan rings is 1. The number of piperidine rings is 1. The highest BCUT2D eigenvalue weighted by Crippen LogP contribution is 2.24. The van der Waals surface area contributed by atoms with Crippen LogP contribution in [0.5, 0.6) is 0 Å². The Morgan fingerprint density at radius 1 is 1.28 bits per heavy atom. The van der Waals surface area contributed by atoms with E-state index in [0.29, 0.717) is 6.54 Å². The SMILES string of the molecule is C[C@@H]1CCCN(Cc2ccc(CNC(=O)Cc3csc(-c4ccco4)n3)cc2)C1. The van der Waals surface area contributed by atoms with Crippen LogP contribution in [0.25, 0.3) is 10.8 Å². The third kappa shape index (κ3) is 5.55. The Morgan fingerprint density at radius 3 is 2.86 bits per heavy atom. The van der Waals surface area contributed by atoms with Crippen molar-refractivity contribution in [2.24, 2.45) is 5.92 Å². The van der Waals surface area contributed by atoms with Crippen molar-refractivity contribution in [1.82, 2.24) is 15.2 Å². The molecule has 1 atom stereocenters. The number of carbonyl (C=O) groups is 1. The normalized spacial score (nSPS) is 17.3. The number of nitrogens with one attached hydrogen (secondary N) is 1. The average molecular weight is 410 g/mol. The molecule has 6 heteroatoms. The Labute approximate surface area is 175 Å². The van der Waals surface area contributed by atoms with Crippen LogP contribution >= 0.6 is 11.3 Å². The fourth-order valence-corrected chi connectivity index (χ4v) is 4.57. The van der Waals surface area contributed by atoms with Gasteiger partial charge in [-0.25, -0.2) is 4.98 Å². The third-order valence-electron chi connectivity index (χ3n) is 5.29. The van der Waals surface area contributed by atoms with Crippen LogP contribution in [-0.4, -0.2) is 28.9 Å². The predicted molar refractivity (Wildman–Crippen MR) is 115 cm³/mol.